The zero-order valence-corrected chi connectivity index (χ0v) is 7.35. The number of nitrogens with two attached hydrogens (primary N) is 2. The van der Waals surface area contributed by atoms with E-state index in [0.29, 0.717) is 5.92 Å². The fourth-order valence-electron chi connectivity index (χ4n) is 0.796. The van der Waals surface area contributed by atoms with Crippen molar-refractivity contribution in [1.29, 1.82) is 0 Å². The smallest absolute Gasteiger partial charge is 0.0123 e. The van der Waals surface area contributed by atoms with Crippen LogP contribution in [-0.2, 0) is 0 Å². The lowest BCUT2D eigenvalue weighted by Crippen LogP contribution is -2.39. The third-order valence-corrected chi connectivity index (χ3v) is 2.11. The van der Waals surface area contributed by atoms with E-state index < -0.39 is 0 Å². The molecule has 0 aliphatic rings. The molecule has 0 spiro atoms. The number of rotatable bonds is 4. The van der Waals surface area contributed by atoms with Crippen molar-refractivity contribution < 1.29 is 0 Å². The van der Waals surface area contributed by atoms with Crippen LogP contribution in [0.1, 0.15) is 33.6 Å². The topological polar surface area (TPSA) is 52.0 Å². The summed E-state index contributed by atoms with van der Waals surface area (Å²) in [6.07, 6.45) is 2.22. The first-order valence-electron chi connectivity index (χ1n) is 3.97. The van der Waals surface area contributed by atoms with E-state index in [4.69, 9.17) is 11.5 Å². The highest BCUT2D eigenvalue weighted by molar-refractivity contribution is 4.78. The lowest BCUT2D eigenvalue weighted by molar-refractivity contribution is 0.322. The molecular weight excluding hydrogens is 124 g/mol. The van der Waals surface area contributed by atoms with Crippen molar-refractivity contribution in [2.24, 2.45) is 17.4 Å². The van der Waals surface area contributed by atoms with Crippen LogP contribution in [0.2, 0.25) is 0 Å². The molecular formula is C8H20N2. The van der Waals surface area contributed by atoms with Crippen molar-refractivity contribution in [3.63, 3.8) is 0 Å². The Labute approximate surface area is 64.0 Å². The molecule has 4 N–H and O–H groups in total. The Hall–Kier alpha value is -0.0800. The molecule has 0 aromatic carbocycles. The van der Waals surface area contributed by atoms with Crippen LogP contribution in [0.15, 0.2) is 0 Å². The van der Waals surface area contributed by atoms with E-state index in [1.165, 1.54) is 0 Å². The standard InChI is InChI=1S/C8H20N2/c1-7(5-4-6-9)8(2,3)10/h7H,4-6,9-10H2,1-3H3. The highest BCUT2D eigenvalue weighted by Crippen LogP contribution is 2.17. The fourth-order valence-corrected chi connectivity index (χ4v) is 0.796. The normalized spacial score (nSPS) is 15.3. The summed E-state index contributed by atoms with van der Waals surface area (Å²) in [5.41, 5.74) is 11.2. The summed E-state index contributed by atoms with van der Waals surface area (Å²) >= 11 is 0. The van der Waals surface area contributed by atoms with E-state index in [0.717, 1.165) is 19.4 Å². The van der Waals surface area contributed by atoms with Gasteiger partial charge in [0.05, 0.1) is 0 Å². The van der Waals surface area contributed by atoms with E-state index in [2.05, 4.69) is 20.8 Å². The largest absolute Gasteiger partial charge is 0.330 e. The lowest BCUT2D eigenvalue weighted by atomic mass is 9.87. The maximum Gasteiger partial charge on any atom is 0.0123 e. The van der Waals surface area contributed by atoms with Crippen LogP contribution in [0, 0.1) is 5.92 Å². The molecule has 0 radical (unpaired) electrons. The van der Waals surface area contributed by atoms with Gasteiger partial charge in [0.15, 0.2) is 0 Å². The highest BCUT2D eigenvalue weighted by atomic mass is 14.7. The molecule has 0 saturated heterocycles. The Kier molecular flexibility index (Phi) is 3.91. The molecule has 2 nitrogen and oxygen atoms in total. The first-order chi connectivity index (χ1) is 4.48. The predicted molar refractivity (Wildman–Crippen MR) is 45.7 cm³/mol. The van der Waals surface area contributed by atoms with Gasteiger partial charge in [0.25, 0.3) is 0 Å². The summed E-state index contributed by atoms with van der Waals surface area (Å²) in [4.78, 5) is 0. The quantitative estimate of drug-likeness (QED) is 0.620. The van der Waals surface area contributed by atoms with Gasteiger partial charge in [-0.05, 0) is 39.2 Å². The van der Waals surface area contributed by atoms with Crippen molar-refractivity contribution in [2.75, 3.05) is 6.54 Å². The van der Waals surface area contributed by atoms with Crippen molar-refractivity contribution >= 4 is 0 Å². The van der Waals surface area contributed by atoms with Gasteiger partial charge in [0.1, 0.15) is 0 Å². The SMILES string of the molecule is CC(CCCN)C(C)(C)N. The third kappa shape index (κ3) is 3.85. The average molecular weight is 144 g/mol. The summed E-state index contributed by atoms with van der Waals surface area (Å²) in [5, 5.41) is 0. The van der Waals surface area contributed by atoms with E-state index in [-0.39, 0.29) is 5.54 Å². The van der Waals surface area contributed by atoms with Gasteiger partial charge in [-0.1, -0.05) is 6.92 Å². The Bertz CT molecular complexity index is 83.7. The molecule has 0 heterocycles. The molecule has 0 saturated carbocycles. The molecule has 0 aromatic rings. The lowest BCUT2D eigenvalue weighted by Gasteiger charge is -2.26. The van der Waals surface area contributed by atoms with E-state index in [1.54, 1.807) is 0 Å². The molecule has 0 aliphatic carbocycles. The second kappa shape index (κ2) is 3.94. The molecule has 0 bridgehead atoms. The van der Waals surface area contributed by atoms with Gasteiger partial charge in [-0.25, -0.2) is 0 Å². The second-order valence-corrected chi connectivity index (χ2v) is 3.65. The molecule has 0 aliphatic heterocycles. The van der Waals surface area contributed by atoms with Crippen LogP contribution in [0.3, 0.4) is 0 Å². The van der Waals surface area contributed by atoms with Crippen LogP contribution in [0.5, 0.6) is 0 Å². The van der Waals surface area contributed by atoms with Crippen LogP contribution >= 0.6 is 0 Å². The molecule has 0 fully saturated rings. The van der Waals surface area contributed by atoms with Crippen molar-refractivity contribution in [3.8, 4) is 0 Å². The summed E-state index contributed by atoms with van der Waals surface area (Å²) in [7, 11) is 0. The number of hydrogen-bond donors (Lipinski definition) is 2. The van der Waals surface area contributed by atoms with Gasteiger partial charge in [-0.3, -0.25) is 0 Å². The zero-order valence-electron chi connectivity index (χ0n) is 7.35. The molecule has 1 atom stereocenters. The van der Waals surface area contributed by atoms with E-state index >= 15 is 0 Å². The second-order valence-electron chi connectivity index (χ2n) is 3.65. The fraction of sp³-hybridized carbons (Fsp3) is 1.00. The van der Waals surface area contributed by atoms with Gasteiger partial charge < -0.3 is 11.5 Å². The monoisotopic (exact) mass is 144 g/mol. The maximum absolute atomic E-state index is 5.88. The molecule has 0 amide bonds. The predicted octanol–water partition coefficient (Wildman–Crippen LogP) is 1.10. The number of hydrogen-bond acceptors (Lipinski definition) is 2. The van der Waals surface area contributed by atoms with Gasteiger partial charge in [-0.2, -0.15) is 0 Å². The minimum absolute atomic E-state index is 0.0465. The average Bonchev–Trinajstić information content (AvgIpc) is 1.80. The maximum atomic E-state index is 5.88. The summed E-state index contributed by atoms with van der Waals surface area (Å²) in [6, 6.07) is 0. The Morgan fingerprint density at radius 3 is 2.20 bits per heavy atom. The Balaban J connectivity index is 3.52. The highest BCUT2D eigenvalue weighted by Gasteiger charge is 2.19. The van der Waals surface area contributed by atoms with Crippen molar-refractivity contribution in [2.45, 2.75) is 39.2 Å². The third-order valence-electron chi connectivity index (χ3n) is 2.11. The molecule has 10 heavy (non-hydrogen) atoms. The summed E-state index contributed by atoms with van der Waals surface area (Å²) in [5.74, 6) is 0.566. The molecule has 2 heteroatoms. The van der Waals surface area contributed by atoms with E-state index in [1.807, 2.05) is 0 Å². The van der Waals surface area contributed by atoms with Gasteiger partial charge >= 0.3 is 0 Å². The first-order valence-corrected chi connectivity index (χ1v) is 3.97. The molecule has 1 unspecified atom stereocenters. The van der Waals surface area contributed by atoms with Crippen LogP contribution in [-0.4, -0.2) is 12.1 Å². The molecule has 0 rings (SSSR count). The van der Waals surface area contributed by atoms with Crippen molar-refractivity contribution in [3.05, 3.63) is 0 Å². The van der Waals surface area contributed by atoms with Gasteiger partial charge in [0, 0.05) is 5.54 Å². The zero-order chi connectivity index (χ0) is 8.20. The van der Waals surface area contributed by atoms with Gasteiger partial charge in [0.2, 0.25) is 0 Å². The molecule has 0 aromatic heterocycles. The van der Waals surface area contributed by atoms with Crippen LogP contribution < -0.4 is 11.5 Å². The van der Waals surface area contributed by atoms with Gasteiger partial charge in [-0.15, -0.1) is 0 Å². The first kappa shape index (κ1) is 9.92. The Morgan fingerprint density at radius 1 is 1.40 bits per heavy atom. The minimum Gasteiger partial charge on any atom is -0.330 e. The summed E-state index contributed by atoms with van der Waals surface area (Å²) < 4.78 is 0. The minimum atomic E-state index is -0.0465. The Morgan fingerprint density at radius 2 is 1.90 bits per heavy atom. The van der Waals surface area contributed by atoms with Crippen LogP contribution in [0.25, 0.3) is 0 Å². The van der Waals surface area contributed by atoms with Crippen LogP contribution in [0.4, 0.5) is 0 Å². The summed E-state index contributed by atoms with van der Waals surface area (Å²) in [6.45, 7) is 7.08. The van der Waals surface area contributed by atoms with Crippen molar-refractivity contribution in [1.82, 2.24) is 0 Å². The molecule has 62 valence electrons. The van der Waals surface area contributed by atoms with E-state index in [9.17, 15) is 0 Å².